The van der Waals surface area contributed by atoms with Crippen molar-refractivity contribution in [3.05, 3.63) is 64.8 Å². The molecule has 108 valence electrons. The molecular weight excluding hydrogens is 328 g/mol. The normalized spacial score (nSPS) is 11.0. The second kappa shape index (κ2) is 6.33. The summed E-state index contributed by atoms with van der Waals surface area (Å²) in [5.41, 5.74) is 8.16. The van der Waals surface area contributed by atoms with Crippen LogP contribution < -0.4 is 10.5 Å². The highest BCUT2D eigenvalue weighted by Gasteiger charge is 2.04. The number of nitrogens with two attached hydrogens (primary N) is 1. The molecule has 0 unspecified atom stereocenters. The van der Waals surface area contributed by atoms with Crippen LogP contribution in [0.4, 0.5) is 0 Å². The Morgan fingerprint density at radius 1 is 1.10 bits per heavy atom. The minimum atomic E-state index is 0.565. The fourth-order valence-electron chi connectivity index (χ4n) is 2.48. The molecule has 3 rings (SSSR count). The van der Waals surface area contributed by atoms with Gasteiger partial charge in [-0.25, -0.2) is 0 Å². The third-order valence-corrected chi connectivity index (χ3v) is 4.01. The number of aromatic nitrogens is 1. The lowest BCUT2D eigenvalue weighted by atomic mass is 10.1. The van der Waals surface area contributed by atoms with Gasteiger partial charge in [-0.3, -0.25) is 0 Å². The predicted molar refractivity (Wildman–Crippen MR) is 89.5 cm³/mol. The topological polar surface area (TPSA) is 40.2 Å². The molecule has 0 spiro atoms. The Labute approximate surface area is 132 Å². The smallest absolute Gasteiger partial charge is 0.120 e. The minimum absolute atomic E-state index is 0.565. The van der Waals surface area contributed by atoms with Gasteiger partial charge < -0.3 is 15.0 Å². The lowest BCUT2D eigenvalue weighted by molar-refractivity contribution is 0.300. The molecule has 0 aliphatic carbocycles. The van der Waals surface area contributed by atoms with Crippen molar-refractivity contribution in [2.45, 2.75) is 13.1 Å². The van der Waals surface area contributed by atoms with Crippen molar-refractivity contribution in [2.24, 2.45) is 5.73 Å². The Balaban J connectivity index is 1.71. The highest BCUT2D eigenvalue weighted by atomic mass is 79.9. The number of benzene rings is 2. The Kier molecular flexibility index (Phi) is 4.27. The zero-order valence-corrected chi connectivity index (χ0v) is 13.2. The molecule has 0 saturated carbocycles. The zero-order valence-electron chi connectivity index (χ0n) is 11.6. The van der Waals surface area contributed by atoms with E-state index in [0.717, 1.165) is 16.8 Å². The van der Waals surface area contributed by atoms with Gasteiger partial charge in [0.05, 0.1) is 6.54 Å². The summed E-state index contributed by atoms with van der Waals surface area (Å²) >= 11 is 3.44. The van der Waals surface area contributed by atoms with Crippen LogP contribution in [0.25, 0.3) is 10.9 Å². The van der Waals surface area contributed by atoms with E-state index in [4.69, 9.17) is 10.5 Å². The van der Waals surface area contributed by atoms with Crippen LogP contribution in [0.1, 0.15) is 5.56 Å². The fourth-order valence-corrected chi connectivity index (χ4v) is 2.86. The van der Waals surface area contributed by atoms with Crippen molar-refractivity contribution in [1.82, 2.24) is 4.57 Å². The van der Waals surface area contributed by atoms with E-state index in [0.29, 0.717) is 13.2 Å². The van der Waals surface area contributed by atoms with E-state index in [-0.39, 0.29) is 0 Å². The maximum absolute atomic E-state index is 5.79. The first-order chi connectivity index (χ1) is 10.3. The van der Waals surface area contributed by atoms with Crippen molar-refractivity contribution < 1.29 is 4.74 Å². The monoisotopic (exact) mass is 344 g/mol. The predicted octanol–water partition coefficient (Wildman–Crippen LogP) is 3.94. The first kappa shape index (κ1) is 14.2. The second-order valence-corrected chi connectivity index (χ2v) is 5.78. The molecule has 0 fully saturated rings. The number of nitrogens with zero attached hydrogens (tertiary/aromatic N) is 1. The van der Waals surface area contributed by atoms with Gasteiger partial charge in [-0.05, 0) is 35.9 Å². The molecule has 0 radical (unpaired) electrons. The number of hydrogen-bond donors (Lipinski definition) is 1. The summed E-state index contributed by atoms with van der Waals surface area (Å²) in [7, 11) is 0. The van der Waals surface area contributed by atoms with Crippen molar-refractivity contribution in [1.29, 1.82) is 0 Å². The van der Waals surface area contributed by atoms with Crippen LogP contribution in [0.15, 0.2) is 59.2 Å². The molecule has 4 heteroatoms. The number of halogens is 1. The maximum atomic E-state index is 5.79. The first-order valence-electron chi connectivity index (χ1n) is 6.93. The van der Waals surface area contributed by atoms with E-state index in [1.54, 1.807) is 0 Å². The SMILES string of the molecule is NCc1cccc2c1ccn2CCOc1cccc(Br)c1. The molecule has 2 N–H and O–H groups in total. The maximum Gasteiger partial charge on any atom is 0.120 e. The van der Waals surface area contributed by atoms with Gasteiger partial charge in [-0.1, -0.05) is 34.1 Å². The average Bonchev–Trinajstić information content (AvgIpc) is 2.91. The summed E-state index contributed by atoms with van der Waals surface area (Å²) in [6, 6.07) is 16.3. The summed E-state index contributed by atoms with van der Waals surface area (Å²) in [6.45, 7) is 2.01. The highest BCUT2D eigenvalue weighted by Crippen LogP contribution is 2.21. The standard InChI is InChI=1S/C17H17BrN2O/c18-14-4-2-5-15(11-14)21-10-9-20-8-7-16-13(12-19)3-1-6-17(16)20/h1-8,11H,9-10,12,19H2. The van der Waals surface area contributed by atoms with Crippen LogP contribution in [0.2, 0.25) is 0 Å². The third-order valence-electron chi connectivity index (χ3n) is 3.52. The molecule has 0 aliphatic heterocycles. The second-order valence-electron chi connectivity index (χ2n) is 4.87. The molecule has 0 atom stereocenters. The van der Waals surface area contributed by atoms with Crippen LogP contribution in [0, 0.1) is 0 Å². The molecule has 3 aromatic rings. The Morgan fingerprint density at radius 2 is 1.95 bits per heavy atom. The van der Waals surface area contributed by atoms with Gasteiger partial charge in [0.2, 0.25) is 0 Å². The first-order valence-corrected chi connectivity index (χ1v) is 7.72. The summed E-state index contributed by atoms with van der Waals surface area (Å²) < 4.78 is 9.02. The minimum Gasteiger partial charge on any atom is -0.492 e. The molecule has 0 bridgehead atoms. The molecule has 0 saturated heterocycles. The van der Waals surface area contributed by atoms with E-state index in [9.17, 15) is 0 Å². The van der Waals surface area contributed by atoms with E-state index >= 15 is 0 Å². The summed E-state index contributed by atoms with van der Waals surface area (Å²) in [5, 5.41) is 1.22. The van der Waals surface area contributed by atoms with Crippen molar-refractivity contribution in [3.8, 4) is 5.75 Å². The van der Waals surface area contributed by atoms with Gasteiger partial charge in [0.1, 0.15) is 12.4 Å². The molecule has 21 heavy (non-hydrogen) atoms. The number of fused-ring (bicyclic) bond motifs is 1. The van der Waals surface area contributed by atoms with Crippen LogP contribution >= 0.6 is 15.9 Å². The van der Waals surface area contributed by atoms with Gasteiger partial charge in [0.25, 0.3) is 0 Å². The van der Waals surface area contributed by atoms with Crippen LogP contribution in [0.5, 0.6) is 5.75 Å². The lowest BCUT2D eigenvalue weighted by Gasteiger charge is -2.09. The van der Waals surface area contributed by atoms with E-state index < -0.39 is 0 Å². The van der Waals surface area contributed by atoms with Gasteiger partial charge in [-0.2, -0.15) is 0 Å². The Hall–Kier alpha value is -1.78. The van der Waals surface area contributed by atoms with Crippen molar-refractivity contribution in [3.63, 3.8) is 0 Å². The molecule has 0 amide bonds. The molecule has 0 aliphatic rings. The molecule has 1 heterocycles. The summed E-state index contributed by atoms with van der Waals surface area (Å²) in [5.74, 6) is 0.878. The van der Waals surface area contributed by atoms with Crippen molar-refractivity contribution in [2.75, 3.05) is 6.61 Å². The summed E-state index contributed by atoms with van der Waals surface area (Å²) in [6.07, 6.45) is 2.09. The summed E-state index contributed by atoms with van der Waals surface area (Å²) in [4.78, 5) is 0. The van der Waals surface area contributed by atoms with Gasteiger partial charge >= 0.3 is 0 Å². The molecule has 1 aromatic heterocycles. The lowest BCUT2D eigenvalue weighted by Crippen LogP contribution is -2.07. The van der Waals surface area contributed by atoms with Crippen molar-refractivity contribution >= 4 is 26.8 Å². The largest absolute Gasteiger partial charge is 0.492 e. The third kappa shape index (κ3) is 3.12. The number of rotatable bonds is 5. The fraction of sp³-hybridized carbons (Fsp3) is 0.176. The molecule has 2 aromatic carbocycles. The van der Waals surface area contributed by atoms with Gasteiger partial charge in [0.15, 0.2) is 0 Å². The zero-order chi connectivity index (χ0) is 14.7. The number of ether oxygens (including phenoxy) is 1. The van der Waals surface area contributed by atoms with Gasteiger partial charge in [-0.15, -0.1) is 0 Å². The van der Waals surface area contributed by atoms with E-state index in [2.05, 4.69) is 51.0 Å². The van der Waals surface area contributed by atoms with E-state index in [1.165, 1.54) is 16.5 Å². The van der Waals surface area contributed by atoms with Crippen LogP contribution in [0.3, 0.4) is 0 Å². The van der Waals surface area contributed by atoms with Crippen LogP contribution in [-0.2, 0) is 13.1 Å². The Morgan fingerprint density at radius 3 is 2.76 bits per heavy atom. The quantitative estimate of drug-likeness (QED) is 0.761. The average molecular weight is 345 g/mol. The number of hydrogen-bond acceptors (Lipinski definition) is 2. The molecular formula is C17H17BrN2O. The van der Waals surface area contributed by atoms with E-state index in [1.807, 2.05) is 24.3 Å². The van der Waals surface area contributed by atoms with Gasteiger partial charge in [0, 0.05) is 28.1 Å². The molecule has 3 nitrogen and oxygen atoms in total. The van der Waals surface area contributed by atoms with Crippen LogP contribution in [-0.4, -0.2) is 11.2 Å². The Bertz CT molecular complexity index is 751. The highest BCUT2D eigenvalue weighted by molar-refractivity contribution is 9.10.